The van der Waals surface area contributed by atoms with E-state index in [0.29, 0.717) is 30.2 Å². The van der Waals surface area contributed by atoms with Gasteiger partial charge >= 0.3 is 0 Å². The first-order valence-corrected chi connectivity index (χ1v) is 16.0. The third-order valence-corrected chi connectivity index (χ3v) is 9.86. The molecule has 2 N–H and O–H groups in total. The van der Waals surface area contributed by atoms with Crippen molar-refractivity contribution < 1.29 is 17.9 Å². The molecule has 0 spiro atoms. The van der Waals surface area contributed by atoms with Crippen molar-refractivity contribution in [3.05, 3.63) is 47.8 Å². The lowest BCUT2D eigenvalue weighted by Gasteiger charge is -2.25. The molecule has 2 aromatic heterocycles. The van der Waals surface area contributed by atoms with Crippen LogP contribution in [-0.4, -0.2) is 48.7 Å². The van der Waals surface area contributed by atoms with Crippen LogP contribution in [0.1, 0.15) is 81.8 Å². The summed E-state index contributed by atoms with van der Waals surface area (Å²) >= 11 is 0. The zero-order chi connectivity index (χ0) is 28.5. The van der Waals surface area contributed by atoms with Crippen molar-refractivity contribution >= 4 is 26.8 Å². The van der Waals surface area contributed by atoms with Gasteiger partial charge in [-0.15, -0.1) is 0 Å². The number of nitrogens with one attached hydrogen (secondary N) is 2. The Morgan fingerprint density at radius 2 is 1.80 bits per heavy atom. The molecule has 216 valence electrons. The molecule has 3 heterocycles. The van der Waals surface area contributed by atoms with E-state index < -0.39 is 15.6 Å². The van der Waals surface area contributed by atoms with Crippen molar-refractivity contribution in [1.82, 2.24) is 19.6 Å². The Kier molecular flexibility index (Phi) is 8.36. The highest BCUT2D eigenvalue weighted by atomic mass is 32.2. The second-order valence-electron chi connectivity index (χ2n) is 12.4. The molecule has 0 radical (unpaired) electrons. The van der Waals surface area contributed by atoms with Crippen molar-refractivity contribution in [2.24, 2.45) is 5.92 Å². The van der Waals surface area contributed by atoms with Gasteiger partial charge in [0.1, 0.15) is 4.90 Å². The van der Waals surface area contributed by atoms with Crippen LogP contribution in [0.5, 0.6) is 0 Å². The first-order valence-electron chi connectivity index (χ1n) is 14.5. The molecule has 1 saturated carbocycles. The quantitative estimate of drug-likeness (QED) is 0.389. The fraction of sp³-hybridized carbons (Fsp3) is 0.548. The van der Waals surface area contributed by atoms with Crippen molar-refractivity contribution in [2.75, 3.05) is 13.2 Å². The minimum absolute atomic E-state index is 0.0657. The average Bonchev–Trinajstić information content (AvgIpc) is 3.23. The Morgan fingerprint density at radius 1 is 1.07 bits per heavy atom. The van der Waals surface area contributed by atoms with Crippen molar-refractivity contribution in [1.29, 1.82) is 0 Å². The third-order valence-electron chi connectivity index (χ3n) is 8.07. The van der Waals surface area contributed by atoms with Gasteiger partial charge in [-0.2, -0.15) is 0 Å². The van der Waals surface area contributed by atoms with Crippen LogP contribution in [0.25, 0.3) is 22.2 Å². The van der Waals surface area contributed by atoms with Crippen molar-refractivity contribution in [3.8, 4) is 11.3 Å². The number of hydrogen-bond donors (Lipinski definition) is 2. The highest BCUT2D eigenvalue weighted by Crippen LogP contribution is 2.36. The van der Waals surface area contributed by atoms with Crippen LogP contribution >= 0.6 is 0 Å². The lowest BCUT2D eigenvalue weighted by Crippen LogP contribution is -2.40. The molecule has 0 unspecified atom stereocenters. The molecule has 9 heteroatoms. The molecule has 2 aliphatic rings. The van der Waals surface area contributed by atoms with E-state index in [1.807, 2.05) is 52.0 Å². The summed E-state index contributed by atoms with van der Waals surface area (Å²) in [6.07, 6.45) is 9.36. The van der Waals surface area contributed by atoms with Crippen LogP contribution in [0.3, 0.4) is 0 Å². The minimum Gasteiger partial charge on any atom is -0.381 e. The number of benzene rings is 1. The number of hydrogen-bond acceptors (Lipinski definition) is 5. The summed E-state index contributed by atoms with van der Waals surface area (Å²) in [6, 6.07) is 9.36. The molecule has 40 heavy (non-hydrogen) atoms. The minimum atomic E-state index is -3.80. The lowest BCUT2D eigenvalue weighted by atomic mass is 9.89. The number of ether oxygens (including phenoxy) is 1. The van der Waals surface area contributed by atoms with Crippen LogP contribution in [0, 0.1) is 12.8 Å². The number of rotatable bonds is 7. The molecule has 1 saturated heterocycles. The highest BCUT2D eigenvalue weighted by Gasteiger charge is 2.28. The molecular weight excluding hydrogens is 524 g/mol. The molecule has 1 aromatic carbocycles. The number of aromatic nitrogens is 2. The van der Waals surface area contributed by atoms with E-state index in [-0.39, 0.29) is 16.8 Å². The molecular formula is C31H42N4O4S. The maximum Gasteiger partial charge on any atom is 0.253 e. The zero-order valence-electron chi connectivity index (χ0n) is 24.1. The third kappa shape index (κ3) is 6.26. The number of fused-ring (bicyclic) bond motifs is 1. The molecule has 2 fully saturated rings. The monoisotopic (exact) mass is 566 g/mol. The zero-order valence-corrected chi connectivity index (χ0v) is 24.9. The number of carbonyl (C=O) groups excluding carboxylic acids is 1. The maximum atomic E-state index is 13.5. The smallest absolute Gasteiger partial charge is 0.253 e. The van der Waals surface area contributed by atoms with Gasteiger partial charge in [0.25, 0.3) is 5.91 Å². The Hall–Kier alpha value is -2.75. The molecule has 3 aromatic rings. The molecule has 1 amide bonds. The van der Waals surface area contributed by atoms with Gasteiger partial charge in [0.15, 0.2) is 0 Å². The van der Waals surface area contributed by atoms with E-state index in [1.165, 1.54) is 32.1 Å². The van der Waals surface area contributed by atoms with Crippen LogP contribution in [0.2, 0.25) is 0 Å². The summed E-state index contributed by atoms with van der Waals surface area (Å²) < 4.78 is 37.2. The van der Waals surface area contributed by atoms with Crippen molar-refractivity contribution in [3.63, 3.8) is 0 Å². The van der Waals surface area contributed by atoms with E-state index in [4.69, 9.17) is 4.74 Å². The first kappa shape index (κ1) is 28.8. The number of sulfonamides is 1. The fourth-order valence-corrected chi connectivity index (χ4v) is 7.69. The van der Waals surface area contributed by atoms with E-state index in [1.54, 1.807) is 12.3 Å². The van der Waals surface area contributed by atoms with E-state index in [2.05, 4.69) is 19.6 Å². The predicted molar refractivity (Wildman–Crippen MR) is 158 cm³/mol. The Morgan fingerprint density at radius 3 is 2.50 bits per heavy atom. The van der Waals surface area contributed by atoms with Crippen molar-refractivity contribution in [2.45, 2.75) is 95.7 Å². The SMILES string of the molecule is Cc1c(C(=O)NC2CCOCC2)cc(-c2ccc(S(=O)(=O)NC(C)(C)C)c3ncccc23)n1CC1CCCCC1. The first-order chi connectivity index (χ1) is 19.0. The highest BCUT2D eigenvalue weighted by molar-refractivity contribution is 7.89. The summed E-state index contributed by atoms with van der Waals surface area (Å²) in [5.74, 6) is 0.481. The van der Waals surface area contributed by atoms with Crippen LogP contribution < -0.4 is 10.0 Å². The molecule has 0 bridgehead atoms. The second-order valence-corrected chi connectivity index (χ2v) is 14.0. The largest absolute Gasteiger partial charge is 0.381 e. The summed E-state index contributed by atoms with van der Waals surface area (Å²) in [7, 11) is -3.80. The fourth-order valence-electron chi connectivity index (χ4n) is 6.11. The van der Waals surface area contributed by atoms with Crippen LogP contribution in [0.15, 0.2) is 41.4 Å². The van der Waals surface area contributed by atoms with E-state index >= 15 is 0 Å². The molecule has 5 rings (SSSR count). The summed E-state index contributed by atoms with van der Waals surface area (Å²) in [4.78, 5) is 18.2. The number of amides is 1. The van der Waals surface area contributed by atoms with Gasteiger partial charge < -0.3 is 14.6 Å². The Labute approximate surface area is 238 Å². The molecule has 0 atom stereocenters. The summed E-state index contributed by atoms with van der Waals surface area (Å²) in [6.45, 7) is 9.65. The number of pyridine rings is 1. The number of carbonyl (C=O) groups is 1. The van der Waals surface area contributed by atoms with Gasteiger partial charge in [-0.25, -0.2) is 13.1 Å². The summed E-state index contributed by atoms with van der Waals surface area (Å²) in [5, 5.41) is 3.98. The maximum absolute atomic E-state index is 13.5. The lowest BCUT2D eigenvalue weighted by molar-refractivity contribution is 0.0696. The van der Waals surface area contributed by atoms with Crippen LogP contribution in [0.4, 0.5) is 0 Å². The molecule has 1 aliphatic heterocycles. The van der Waals surface area contributed by atoms with Crippen LogP contribution in [-0.2, 0) is 21.3 Å². The standard InChI is InChI=1S/C31H42N4O4S/c1-21-26(30(36)33-23-14-17-39-18-15-23)19-27(35(21)20-22-9-6-5-7-10-22)24-12-13-28(29-25(24)11-8-16-32-29)40(37,38)34-31(2,3)4/h8,11-13,16,19,22-23,34H,5-7,9-10,14-15,17-18,20H2,1-4H3,(H,33,36). The Bertz CT molecular complexity index is 1480. The topological polar surface area (TPSA) is 102 Å². The number of nitrogens with zero attached hydrogens (tertiary/aromatic N) is 2. The van der Waals surface area contributed by atoms with Gasteiger partial charge in [0, 0.05) is 59.9 Å². The predicted octanol–water partition coefficient (Wildman–Crippen LogP) is 5.58. The van der Waals surface area contributed by atoms with Gasteiger partial charge in [-0.05, 0) is 77.5 Å². The molecule has 8 nitrogen and oxygen atoms in total. The van der Waals surface area contributed by atoms with E-state index in [9.17, 15) is 13.2 Å². The van der Waals surface area contributed by atoms with E-state index in [0.717, 1.165) is 41.7 Å². The van der Waals surface area contributed by atoms with Gasteiger partial charge in [-0.3, -0.25) is 9.78 Å². The van der Waals surface area contributed by atoms with Gasteiger partial charge in [-0.1, -0.05) is 31.4 Å². The normalized spacial score (nSPS) is 17.8. The molecule has 1 aliphatic carbocycles. The van der Waals surface area contributed by atoms with Gasteiger partial charge in [0.2, 0.25) is 10.0 Å². The Balaban J connectivity index is 1.60. The van der Waals surface area contributed by atoms with Gasteiger partial charge in [0.05, 0.1) is 11.1 Å². The summed E-state index contributed by atoms with van der Waals surface area (Å²) in [5.41, 5.74) is 3.20. The average molecular weight is 567 g/mol. The second kappa shape index (κ2) is 11.6.